The summed E-state index contributed by atoms with van der Waals surface area (Å²) in [5.74, 6) is -0.439. The minimum Gasteiger partial charge on any atom is -0.383 e. The molecule has 9 heteroatoms. The Morgan fingerprint density at radius 2 is 1.68 bits per heavy atom. The van der Waals surface area contributed by atoms with Gasteiger partial charge >= 0.3 is 0 Å². The van der Waals surface area contributed by atoms with Crippen LogP contribution in [0.3, 0.4) is 0 Å². The van der Waals surface area contributed by atoms with Crippen molar-refractivity contribution < 1.29 is 14.4 Å². The minimum atomic E-state index is -0.643. The molecule has 1 atom stereocenters. The lowest BCUT2D eigenvalue weighted by molar-refractivity contribution is -0.138. The molecule has 1 aromatic carbocycles. The van der Waals surface area contributed by atoms with Crippen LogP contribution in [0.1, 0.15) is 52.6 Å². The maximum Gasteiger partial charge on any atom is 0.271 e. The number of hydrogen-bond donors (Lipinski definition) is 2. The second-order valence-corrected chi connectivity index (χ2v) is 8.26. The molecular formula is C22H28N6O3. The Morgan fingerprint density at radius 3 is 2.32 bits per heavy atom. The van der Waals surface area contributed by atoms with E-state index in [2.05, 4.69) is 4.98 Å². The molecule has 0 spiro atoms. The standard InChI is InChI=1S/C22H28N6O3/c23-19-18(20(24)29)25-14-28(19)17-8-11-26(12-9-17)22(31)16-7-4-10-27(13-16)21(30)15-5-2-1-3-6-15/h1-3,5-6,14,16-17H,4,7-13,23H2,(H2,24,29). The van der Waals surface area contributed by atoms with Crippen molar-refractivity contribution >= 4 is 23.5 Å². The van der Waals surface area contributed by atoms with Crippen molar-refractivity contribution in [1.29, 1.82) is 0 Å². The van der Waals surface area contributed by atoms with Crippen LogP contribution in [0.25, 0.3) is 0 Å². The Bertz CT molecular complexity index is 965. The monoisotopic (exact) mass is 424 g/mol. The van der Waals surface area contributed by atoms with Crippen molar-refractivity contribution in [3.8, 4) is 0 Å². The highest BCUT2D eigenvalue weighted by molar-refractivity contribution is 5.95. The number of anilines is 1. The van der Waals surface area contributed by atoms with Gasteiger partial charge in [-0.15, -0.1) is 0 Å². The number of amides is 3. The lowest BCUT2D eigenvalue weighted by Crippen LogP contribution is -2.48. The van der Waals surface area contributed by atoms with E-state index in [1.54, 1.807) is 15.8 Å². The molecule has 1 aromatic heterocycles. The number of nitrogens with two attached hydrogens (primary N) is 2. The highest BCUT2D eigenvalue weighted by Gasteiger charge is 2.34. The van der Waals surface area contributed by atoms with Crippen molar-refractivity contribution in [2.75, 3.05) is 31.9 Å². The molecule has 4 rings (SSSR count). The molecule has 0 bridgehead atoms. The number of imidazole rings is 1. The third-order valence-corrected chi connectivity index (χ3v) is 6.31. The fourth-order valence-corrected chi connectivity index (χ4v) is 4.60. The summed E-state index contributed by atoms with van der Waals surface area (Å²) >= 11 is 0. The first-order valence-corrected chi connectivity index (χ1v) is 10.7. The van der Waals surface area contributed by atoms with Crippen LogP contribution in [-0.4, -0.2) is 63.3 Å². The SMILES string of the molecule is NC(=O)c1ncn(C2CCN(C(=O)C3CCCN(C(=O)c4ccccc4)C3)CC2)c1N. The Kier molecular flexibility index (Phi) is 5.92. The molecule has 2 saturated heterocycles. The van der Waals surface area contributed by atoms with Gasteiger partial charge in [-0.3, -0.25) is 14.4 Å². The summed E-state index contributed by atoms with van der Waals surface area (Å²) in [6.45, 7) is 2.36. The van der Waals surface area contributed by atoms with Crippen molar-refractivity contribution in [2.24, 2.45) is 11.7 Å². The average Bonchev–Trinajstić information content (AvgIpc) is 3.20. The highest BCUT2D eigenvalue weighted by Crippen LogP contribution is 2.28. The number of aromatic nitrogens is 2. The molecule has 0 aliphatic carbocycles. The number of nitrogens with zero attached hydrogens (tertiary/aromatic N) is 4. The van der Waals surface area contributed by atoms with Gasteiger partial charge in [-0.05, 0) is 37.8 Å². The smallest absolute Gasteiger partial charge is 0.271 e. The summed E-state index contributed by atoms with van der Waals surface area (Å²) in [7, 11) is 0. The van der Waals surface area contributed by atoms with E-state index >= 15 is 0 Å². The predicted octanol–water partition coefficient (Wildman–Crippen LogP) is 1.28. The lowest BCUT2D eigenvalue weighted by atomic mass is 9.94. The van der Waals surface area contributed by atoms with Crippen LogP contribution < -0.4 is 11.5 Å². The van der Waals surface area contributed by atoms with Crippen LogP contribution in [-0.2, 0) is 4.79 Å². The van der Waals surface area contributed by atoms with Crippen LogP contribution in [0.4, 0.5) is 5.82 Å². The zero-order valence-corrected chi connectivity index (χ0v) is 17.4. The molecule has 3 heterocycles. The highest BCUT2D eigenvalue weighted by atomic mass is 16.2. The lowest BCUT2D eigenvalue weighted by Gasteiger charge is -2.38. The second-order valence-electron chi connectivity index (χ2n) is 8.26. The zero-order valence-electron chi connectivity index (χ0n) is 17.4. The van der Waals surface area contributed by atoms with Gasteiger partial charge in [0, 0.05) is 37.8 Å². The maximum atomic E-state index is 13.1. The third kappa shape index (κ3) is 4.26. The van der Waals surface area contributed by atoms with Gasteiger partial charge in [-0.1, -0.05) is 18.2 Å². The molecular weight excluding hydrogens is 396 g/mol. The number of piperidine rings is 2. The quantitative estimate of drug-likeness (QED) is 0.764. The van der Waals surface area contributed by atoms with E-state index < -0.39 is 5.91 Å². The molecule has 2 fully saturated rings. The summed E-state index contributed by atoms with van der Waals surface area (Å²) in [5.41, 5.74) is 12.1. The van der Waals surface area contributed by atoms with E-state index in [0.717, 1.165) is 25.7 Å². The normalized spacial score (nSPS) is 19.9. The summed E-state index contributed by atoms with van der Waals surface area (Å²) in [6.07, 6.45) is 4.63. The Morgan fingerprint density at radius 1 is 0.968 bits per heavy atom. The second kappa shape index (κ2) is 8.79. The number of primary amides is 1. The third-order valence-electron chi connectivity index (χ3n) is 6.31. The molecule has 4 N–H and O–H groups in total. The summed E-state index contributed by atoms with van der Waals surface area (Å²) in [6, 6.07) is 9.28. The van der Waals surface area contributed by atoms with E-state index in [-0.39, 0.29) is 35.3 Å². The van der Waals surface area contributed by atoms with Gasteiger partial charge in [0.05, 0.1) is 12.2 Å². The zero-order chi connectivity index (χ0) is 22.0. The number of carbonyl (C=O) groups excluding carboxylic acids is 3. The molecule has 0 radical (unpaired) electrons. The van der Waals surface area contributed by atoms with E-state index in [1.807, 2.05) is 35.2 Å². The topological polar surface area (TPSA) is 128 Å². The average molecular weight is 425 g/mol. The number of rotatable bonds is 4. The predicted molar refractivity (Wildman–Crippen MR) is 115 cm³/mol. The van der Waals surface area contributed by atoms with Crippen molar-refractivity contribution in [1.82, 2.24) is 19.4 Å². The summed E-state index contributed by atoms with van der Waals surface area (Å²) in [4.78, 5) is 45.0. The Hall–Kier alpha value is -3.36. The number of benzene rings is 1. The molecule has 9 nitrogen and oxygen atoms in total. The Balaban J connectivity index is 1.35. The number of nitrogen functional groups attached to an aromatic ring is 1. The van der Waals surface area contributed by atoms with E-state index in [4.69, 9.17) is 11.5 Å². The van der Waals surface area contributed by atoms with Gasteiger partial charge < -0.3 is 25.8 Å². The van der Waals surface area contributed by atoms with E-state index in [1.165, 1.54) is 0 Å². The fourth-order valence-electron chi connectivity index (χ4n) is 4.60. The van der Waals surface area contributed by atoms with Gasteiger partial charge in [-0.25, -0.2) is 4.98 Å². The molecule has 0 saturated carbocycles. The molecule has 2 aliphatic heterocycles. The first-order valence-electron chi connectivity index (χ1n) is 10.7. The van der Waals surface area contributed by atoms with Crippen LogP contribution >= 0.6 is 0 Å². The fraction of sp³-hybridized carbons (Fsp3) is 0.455. The van der Waals surface area contributed by atoms with E-state index in [0.29, 0.717) is 31.7 Å². The van der Waals surface area contributed by atoms with Crippen LogP contribution in [0.2, 0.25) is 0 Å². The maximum absolute atomic E-state index is 13.1. The van der Waals surface area contributed by atoms with Gasteiger partial charge in [-0.2, -0.15) is 0 Å². The first-order chi connectivity index (χ1) is 15.0. The molecule has 3 amide bonds. The molecule has 31 heavy (non-hydrogen) atoms. The molecule has 2 aliphatic rings. The first kappa shape index (κ1) is 20.9. The largest absolute Gasteiger partial charge is 0.383 e. The van der Waals surface area contributed by atoms with Gasteiger partial charge in [0.25, 0.3) is 11.8 Å². The van der Waals surface area contributed by atoms with Crippen LogP contribution in [0.5, 0.6) is 0 Å². The minimum absolute atomic E-state index is 0.0161. The number of carbonyl (C=O) groups is 3. The van der Waals surface area contributed by atoms with Gasteiger partial charge in [0.1, 0.15) is 5.82 Å². The number of hydrogen-bond acceptors (Lipinski definition) is 5. The van der Waals surface area contributed by atoms with E-state index in [9.17, 15) is 14.4 Å². The summed E-state index contributed by atoms with van der Waals surface area (Å²) in [5, 5.41) is 0. The van der Waals surface area contributed by atoms with Crippen LogP contribution in [0.15, 0.2) is 36.7 Å². The van der Waals surface area contributed by atoms with Gasteiger partial charge in [0.2, 0.25) is 5.91 Å². The number of likely N-dealkylation sites (tertiary alicyclic amines) is 2. The molecule has 1 unspecified atom stereocenters. The molecule has 2 aromatic rings. The van der Waals surface area contributed by atoms with Gasteiger partial charge in [0.15, 0.2) is 5.69 Å². The van der Waals surface area contributed by atoms with Crippen molar-refractivity contribution in [3.05, 3.63) is 47.9 Å². The van der Waals surface area contributed by atoms with Crippen molar-refractivity contribution in [2.45, 2.75) is 31.7 Å². The Labute approximate surface area is 181 Å². The van der Waals surface area contributed by atoms with Crippen molar-refractivity contribution in [3.63, 3.8) is 0 Å². The summed E-state index contributed by atoms with van der Waals surface area (Å²) < 4.78 is 1.78. The molecule has 164 valence electrons. The van der Waals surface area contributed by atoms with Crippen LogP contribution in [0, 0.1) is 5.92 Å².